The van der Waals surface area contributed by atoms with E-state index in [0.29, 0.717) is 17.3 Å². The van der Waals surface area contributed by atoms with E-state index in [0.717, 1.165) is 15.9 Å². The first kappa shape index (κ1) is 14.6. The van der Waals surface area contributed by atoms with Gasteiger partial charge in [0.2, 0.25) is 0 Å². The molecule has 0 amide bonds. The summed E-state index contributed by atoms with van der Waals surface area (Å²) in [5.74, 6) is 6.37. The molecule has 0 aliphatic heterocycles. The van der Waals surface area contributed by atoms with Crippen molar-refractivity contribution in [3.8, 4) is 0 Å². The van der Waals surface area contributed by atoms with Gasteiger partial charge in [0.15, 0.2) is 5.82 Å². The summed E-state index contributed by atoms with van der Waals surface area (Å²) in [7, 11) is 0. The molecule has 2 aromatic heterocycles. The number of nitrogens with one attached hydrogen (secondary N) is 1. The summed E-state index contributed by atoms with van der Waals surface area (Å²) in [5.41, 5.74) is 4.38. The zero-order valence-corrected chi connectivity index (χ0v) is 13.0. The van der Waals surface area contributed by atoms with Crippen molar-refractivity contribution in [1.82, 2.24) is 19.5 Å². The van der Waals surface area contributed by atoms with Crippen LogP contribution in [0, 0.1) is 20.8 Å². The van der Waals surface area contributed by atoms with Crippen LogP contribution < -0.4 is 17.0 Å². The summed E-state index contributed by atoms with van der Waals surface area (Å²) in [6, 6.07) is 1.72. The smallest absolute Gasteiger partial charge is 0.308 e. The van der Waals surface area contributed by atoms with Crippen molar-refractivity contribution >= 4 is 21.7 Å². The summed E-state index contributed by atoms with van der Waals surface area (Å²) in [4.78, 5) is 24.5. The predicted octanol–water partition coefficient (Wildman–Crippen LogP) is 1.05. The lowest BCUT2D eigenvalue weighted by Crippen LogP contribution is -2.28. The Morgan fingerprint density at radius 1 is 1.30 bits per heavy atom. The molecule has 0 aromatic carbocycles. The van der Waals surface area contributed by atoms with Crippen LogP contribution >= 0.6 is 15.9 Å². The van der Waals surface area contributed by atoms with Crippen LogP contribution in [0.2, 0.25) is 0 Å². The number of rotatable bonds is 3. The zero-order chi connectivity index (χ0) is 14.9. The number of nitrogens with zero attached hydrogens (tertiary/aromatic N) is 4. The van der Waals surface area contributed by atoms with Gasteiger partial charge >= 0.3 is 5.69 Å². The molecule has 0 atom stereocenters. The van der Waals surface area contributed by atoms with Gasteiger partial charge in [0.05, 0.1) is 16.7 Å². The molecule has 7 nitrogen and oxygen atoms in total. The standard InChI is InChI=1S/C12H15BrN6O/c1-6-4-9(18-14)17-10(15-6)5-19-8(3)11(13)7(2)16-12(19)20/h4H,5,14H2,1-3H3,(H,15,17,18). The lowest BCUT2D eigenvalue weighted by Gasteiger charge is -2.12. The third-order valence-corrected chi connectivity index (χ3v) is 4.03. The van der Waals surface area contributed by atoms with Crippen LogP contribution in [0.1, 0.15) is 22.9 Å². The van der Waals surface area contributed by atoms with Crippen LogP contribution in [-0.2, 0) is 6.54 Å². The second-order valence-electron chi connectivity index (χ2n) is 4.42. The molecule has 0 aliphatic rings. The van der Waals surface area contributed by atoms with Gasteiger partial charge in [-0.3, -0.25) is 4.57 Å². The molecule has 0 saturated heterocycles. The molecule has 0 radical (unpaired) electrons. The first-order chi connectivity index (χ1) is 9.42. The minimum atomic E-state index is -0.324. The van der Waals surface area contributed by atoms with E-state index < -0.39 is 0 Å². The van der Waals surface area contributed by atoms with Gasteiger partial charge in [-0.25, -0.2) is 20.6 Å². The zero-order valence-electron chi connectivity index (χ0n) is 11.4. The first-order valence-corrected chi connectivity index (χ1v) is 6.76. The number of hydrazine groups is 1. The van der Waals surface area contributed by atoms with Gasteiger partial charge in [0.25, 0.3) is 0 Å². The largest absolute Gasteiger partial charge is 0.348 e. The number of anilines is 1. The van der Waals surface area contributed by atoms with Gasteiger partial charge in [0, 0.05) is 17.5 Å². The third-order valence-electron chi connectivity index (χ3n) is 2.88. The van der Waals surface area contributed by atoms with Crippen molar-refractivity contribution in [1.29, 1.82) is 0 Å². The van der Waals surface area contributed by atoms with Crippen molar-refractivity contribution in [2.24, 2.45) is 5.84 Å². The highest BCUT2D eigenvalue weighted by molar-refractivity contribution is 9.10. The molecule has 8 heteroatoms. The Balaban J connectivity index is 2.48. The number of hydrogen-bond donors (Lipinski definition) is 2. The summed E-state index contributed by atoms with van der Waals surface area (Å²) >= 11 is 3.42. The number of nitrogen functional groups attached to an aromatic ring is 1. The van der Waals surface area contributed by atoms with Crippen LogP contribution in [0.4, 0.5) is 5.82 Å². The fourth-order valence-corrected chi connectivity index (χ4v) is 2.18. The number of halogens is 1. The topological polar surface area (TPSA) is 98.7 Å². The Bertz CT molecular complexity index is 712. The molecule has 0 saturated carbocycles. The minimum Gasteiger partial charge on any atom is -0.308 e. The average molecular weight is 339 g/mol. The Kier molecular flexibility index (Phi) is 4.15. The van der Waals surface area contributed by atoms with E-state index in [-0.39, 0.29) is 12.2 Å². The van der Waals surface area contributed by atoms with Gasteiger partial charge in [-0.2, -0.15) is 4.98 Å². The van der Waals surface area contributed by atoms with Crippen molar-refractivity contribution in [2.45, 2.75) is 27.3 Å². The van der Waals surface area contributed by atoms with Crippen molar-refractivity contribution < 1.29 is 0 Å². The molecule has 0 spiro atoms. The quantitative estimate of drug-likeness (QED) is 0.641. The molecule has 106 valence electrons. The summed E-state index contributed by atoms with van der Waals surface area (Å²) in [6.45, 7) is 5.71. The fraction of sp³-hybridized carbons (Fsp3) is 0.333. The van der Waals surface area contributed by atoms with Gasteiger partial charge in [-0.05, 0) is 36.7 Å². The first-order valence-electron chi connectivity index (χ1n) is 5.97. The van der Waals surface area contributed by atoms with Crippen LogP contribution in [0.15, 0.2) is 15.3 Å². The summed E-state index contributed by atoms with van der Waals surface area (Å²) in [5, 5.41) is 0. The van der Waals surface area contributed by atoms with E-state index >= 15 is 0 Å². The Morgan fingerprint density at radius 3 is 2.65 bits per heavy atom. The molecule has 0 unspecified atom stereocenters. The molecular weight excluding hydrogens is 324 g/mol. The molecule has 2 heterocycles. The van der Waals surface area contributed by atoms with Crippen LogP contribution in [0.5, 0.6) is 0 Å². The molecule has 2 aromatic rings. The Morgan fingerprint density at radius 2 is 2.00 bits per heavy atom. The monoisotopic (exact) mass is 338 g/mol. The molecule has 2 rings (SSSR count). The van der Waals surface area contributed by atoms with Crippen molar-refractivity contribution in [3.05, 3.63) is 43.9 Å². The second-order valence-corrected chi connectivity index (χ2v) is 5.21. The van der Waals surface area contributed by atoms with Crippen LogP contribution in [-0.4, -0.2) is 19.5 Å². The van der Waals surface area contributed by atoms with Gasteiger partial charge < -0.3 is 5.43 Å². The SMILES string of the molecule is Cc1cc(NN)nc(Cn2c(C)c(Br)c(C)nc2=O)n1. The number of aromatic nitrogens is 4. The van der Waals surface area contributed by atoms with Crippen LogP contribution in [0.25, 0.3) is 0 Å². The predicted molar refractivity (Wildman–Crippen MR) is 79.4 cm³/mol. The molecule has 20 heavy (non-hydrogen) atoms. The molecular formula is C12H15BrN6O. The molecule has 0 aliphatic carbocycles. The second kappa shape index (κ2) is 5.68. The van der Waals surface area contributed by atoms with E-state index in [9.17, 15) is 4.79 Å². The van der Waals surface area contributed by atoms with Crippen LogP contribution in [0.3, 0.4) is 0 Å². The van der Waals surface area contributed by atoms with Crippen molar-refractivity contribution in [2.75, 3.05) is 5.43 Å². The molecule has 3 N–H and O–H groups in total. The Labute approximate surface area is 124 Å². The highest BCUT2D eigenvalue weighted by atomic mass is 79.9. The molecule has 0 fully saturated rings. The van der Waals surface area contributed by atoms with Crippen molar-refractivity contribution in [3.63, 3.8) is 0 Å². The number of aryl methyl sites for hydroxylation is 2. The lowest BCUT2D eigenvalue weighted by atomic mass is 10.3. The fourth-order valence-electron chi connectivity index (χ4n) is 1.88. The Hall–Kier alpha value is -1.80. The third kappa shape index (κ3) is 2.86. The maximum atomic E-state index is 12.0. The van der Waals surface area contributed by atoms with Gasteiger partial charge in [-0.15, -0.1) is 0 Å². The maximum Gasteiger partial charge on any atom is 0.348 e. The normalized spacial score (nSPS) is 10.7. The van der Waals surface area contributed by atoms with E-state index in [4.69, 9.17) is 5.84 Å². The molecule has 0 bridgehead atoms. The number of nitrogens with two attached hydrogens (primary N) is 1. The average Bonchev–Trinajstić information content (AvgIpc) is 2.40. The highest BCUT2D eigenvalue weighted by Crippen LogP contribution is 2.17. The lowest BCUT2D eigenvalue weighted by molar-refractivity contribution is 0.657. The van der Waals surface area contributed by atoms with E-state index in [1.54, 1.807) is 13.0 Å². The van der Waals surface area contributed by atoms with Gasteiger partial charge in [0.1, 0.15) is 5.82 Å². The maximum absolute atomic E-state index is 12.0. The summed E-state index contributed by atoms with van der Waals surface area (Å²) < 4.78 is 2.33. The van der Waals surface area contributed by atoms with E-state index in [1.807, 2.05) is 13.8 Å². The van der Waals surface area contributed by atoms with E-state index in [2.05, 4.69) is 36.3 Å². The minimum absolute atomic E-state index is 0.243. The number of hydrogen-bond acceptors (Lipinski definition) is 6. The summed E-state index contributed by atoms with van der Waals surface area (Å²) in [6.07, 6.45) is 0. The highest BCUT2D eigenvalue weighted by Gasteiger charge is 2.11. The van der Waals surface area contributed by atoms with E-state index in [1.165, 1.54) is 4.57 Å². The van der Waals surface area contributed by atoms with Gasteiger partial charge in [-0.1, -0.05) is 0 Å².